The Kier molecular flexibility index (Phi) is 6.03. The normalized spacial score (nSPS) is 11.0. The third kappa shape index (κ3) is 5.14. The Hall–Kier alpha value is -3.99. The minimum absolute atomic E-state index is 0.154. The molecule has 31 heavy (non-hydrogen) atoms. The molecule has 0 bridgehead atoms. The summed E-state index contributed by atoms with van der Waals surface area (Å²) in [5, 5.41) is 2.90. The van der Waals surface area contributed by atoms with Gasteiger partial charge in [0.25, 0.3) is 0 Å². The molecule has 0 saturated carbocycles. The van der Waals surface area contributed by atoms with Gasteiger partial charge in [-0.3, -0.25) is 9.78 Å². The molecule has 0 unspecified atom stereocenters. The molecule has 0 aliphatic heterocycles. The summed E-state index contributed by atoms with van der Waals surface area (Å²) in [4.78, 5) is 21.2. The largest absolute Gasteiger partial charge is 0.347 e. The Morgan fingerprint density at radius 1 is 1.03 bits per heavy atom. The number of imidazole rings is 1. The highest BCUT2D eigenvalue weighted by Crippen LogP contribution is 2.18. The average molecular weight is 409 g/mol. The maximum Gasteiger partial charge on any atom is 0.244 e. The lowest BCUT2D eigenvalue weighted by Gasteiger charge is -2.07. The van der Waals surface area contributed by atoms with Crippen LogP contribution in [0.3, 0.4) is 0 Å². The Morgan fingerprint density at radius 3 is 2.61 bits per heavy atom. The van der Waals surface area contributed by atoms with Crippen LogP contribution in [-0.2, 0) is 11.3 Å². The Balaban J connectivity index is 1.37. The minimum Gasteiger partial charge on any atom is -0.347 e. The van der Waals surface area contributed by atoms with Crippen LogP contribution in [0, 0.1) is 13.8 Å². The van der Waals surface area contributed by atoms with Crippen LogP contribution in [0.4, 0.5) is 0 Å². The van der Waals surface area contributed by atoms with Gasteiger partial charge >= 0.3 is 0 Å². The second-order valence-corrected chi connectivity index (χ2v) is 7.40. The van der Waals surface area contributed by atoms with E-state index in [1.165, 1.54) is 0 Å². The van der Waals surface area contributed by atoms with Crippen molar-refractivity contribution in [2.45, 2.75) is 20.4 Å². The molecule has 0 spiro atoms. The predicted octanol–water partition coefficient (Wildman–Crippen LogP) is 4.88. The van der Waals surface area contributed by atoms with Gasteiger partial charge in [-0.05, 0) is 55.3 Å². The third-order valence-electron chi connectivity index (χ3n) is 4.96. The standard InChI is InChI=1S/C26H24N4O/c1-19-15-21(11-13-25(19)30-17-20(2)28-18-30)12-14-26(31)27-16-23-9-6-10-24(29-23)22-7-4-3-5-8-22/h3-15,17-18H,16H2,1-2H3,(H,27,31)/b14-12+. The Morgan fingerprint density at radius 2 is 1.87 bits per heavy atom. The van der Waals surface area contributed by atoms with Gasteiger partial charge in [0, 0.05) is 23.5 Å². The molecule has 0 aliphatic rings. The van der Waals surface area contributed by atoms with Crippen LogP contribution in [0.15, 0.2) is 85.3 Å². The van der Waals surface area contributed by atoms with Crippen LogP contribution in [0.5, 0.6) is 0 Å². The number of carbonyl (C=O) groups excluding carboxylic acids is 1. The van der Waals surface area contributed by atoms with Crippen LogP contribution < -0.4 is 5.32 Å². The summed E-state index contributed by atoms with van der Waals surface area (Å²) >= 11 is 0. The second-order valence-electron chi connectivity index (χ2n) is 7.40. The Bertz CT molecular complexity index is 1230. The van der Waals surface area contributed by atoms with Crippen molar-refractivity contribution < 1.29 is 4.79 Å². The maximum absolute atomic E-state index is 12.3. The third-order valence-corrected chi connectivity index (χ3v) is 4.96. The lowest BCUT2D eigenvalue weighted by Crippen LogP contribution is -2.20. The Labute approximate surface area is 182 Å². The lowest BCUT2D eigenvalue weighted by atomic mass is 10.1. The van der Waals surface area contributed by atoms with Gasteiger partial charge in [-0.1, -0.05) is 42.5 Å². The molecule has 0 aliphatic carbocycles. The van der Waals surface area contributed by atoms with E-state index in [9.17, 15) is 4.79 Å². The number of rotatable bonds is 6. The molecule has 0 atom stereocenters. The average Bonchev–Trinajstić information content (AvgIpc) is 3.23. The van der Waals surface area contributed by atoms with Crippen molar-refractivity contribution >= 4 is 12.0 Å². The van der Waals surface area contributed by atoms with Crippen LogP contribution in [-0.4, -0.2) is 20.4 Å². The maximum atomic E-state index is 12.3. The molecule has 5 heteroatoms. The molecule has 2 heterocycles. The molecule has 0 radical (unpaired) electrons. The van der Waals surface area contributed by atoms with Gasteiger partial charge in [-0.25, -0.2) is 4.98 Å². The number of pyridine rings is 1. The van der Waals surface area contributed by atoms with Gasteiger partial charge in [0.05, 0.1) is 30.0 Å². The molecule has 4 aromatic rings. The number of hydrogen-bond donors (Lipinski definition) is 1. The zero-order valence-electron chi connectivity index (χ0n) is 17.6. The van der Waals surface area contributed by atoms with E-state index in [0.29, 0.717) is 6.54 Å². The van der Waals surface area contributed by atoms with Crippen molar-refractivity contribution in [3.05, 3.63) is 108 Å². The fraction of sp³-hybridized carbons (Fsp3) is 0.115. The summed E-state index contributed by atoms with van der Waals surface area (Å²) in [6.07, 6.45) is 7.17. The number of aryl methyl sites for hydroxylation is 2. The number of benzene rings is 2. The number of nitrogens with zero attached hydrogens (tertiary/aromatic N) is 3. The van der Waals surface area contributed by atoms with Crippen molar-refractivity contribution in [2.75, 3.05) is 0 Å². The summed E-state index contributed by atoms with van der Waals surface area (Å²) in [6, 6.07) is 21.9. The number of amides is 1. The molecule has 1 N–H and O–H groups in total. The highest BCUT2D eigenvalue weighted by molar-refractivity contribution is 5.91. The van der Waals surface area contributed by atoms with E-state index in [0.717, 1.165) is 39.5 Å². The molecular weight excluding hydrogens is 384 g/mol. The number of hydrogen-bond acceptors (Lipinski definition) is 3. The van der Waals surface area contributed by atoms with Gasteiger partial charge in [0.1, 0.15) is 0 Å². The smallest absolute Gasteiger partial charge is 0.244 e. The van der Waals surface area contributed by atoms with E-state index in [4.69, 9.17) is 0 Å². The first-order valence-corrected chi connectivity index (χ1v) is 10.2. The molecule has 154 valence electrons. The van der Waals surface area contributed by atoms with E-state index >= 15 is 0 Å². The number of carbonyl (C=O) groups is 1. The summed E-state index contributed by atoms with van der Waals surface area (Å²) in [5.74, 6) is -0.154. The number of aromatic nitrogens is 3. The van der Waals surface area contributed by atoms with Crippen molar-refractivity contribution in [1.82, 2.24) is 19.9 Å². The van der Waals surface area contributed by atoms with Crippen molar-refractivity contribution in [2.24, 2.45) is 0 Å². The molecule has 1 amide bonds. The zero-order chi connectivity index (χ0) is 21.6. The first-order chi connectivity index (χ1) is 15.1. The molecule has 4 rings (SSSR count). The molecule has 0 fully saturated rings. The first kappa shape index (κ1) is 20.3. The van der Waals surface area contributed by atoms with Crippen molar-refractivity contribution in [3.8, 4) is 16.9 Å². The van der Waals surface area contributed by atoms with Crippen LogP contribution in [0.1, 0.15) is 22.5 Å². The van der Waals surface area contributed by atoms with Gasteiger partial charge in [0.15, 0.2) is 0 Å². The minimum atomic E-state index is -0.154. The fourth-order valence-electron chi connectivity index (χ4n) is 3.38. The monoisotopic (exact) mass is 408 g/mol. The summed E-state index contributed by atoms with van der Waals surface area (Å²) in [5.41, 5.74) is 6.90. The zero-order valence-corrected chi connectivity index (χ0v) is 17.6. The van der Waals surface area contributed by atoms with Crippen LogP contribution in [0.25, 0.3) is 23.0 Å². The fourth-order valence-corrected chi connectivity index (χ4v) is 3.38. The van der Waals surface area contributed by atoms with Gasteiger partial charge < -0.3 is 9.88 Å². The van der Waals surface area contributed by atoms with E-state index < -0.39 is 0 Å². The van der Waals surface area contributed by atoms with E-state index in [1.807, 2.05) is 91.4 Å². The highest BCUT2D eigenvalue weighted by Gasteiger charge is 2.04. The summed E-state index contributed by atoms with van der Waals surface area (Å²) in [7, 11) is 0. The molecule has 5 nitrogen and oxygen atoms in total. The van der Waals surface area contributed by atoms with Crippen molar-refractivity contribution in [1.29, 1.82) is 0 Å². The number of nitrogens with one attached hydrogen (secondary N) is 1. The van der Waals surface area contributed by atoms with Crippen LogP contribution in [0.2, 0.25) is 0 Å². The summed E-state index contributed by atoms with van der Waals surface area (Å²) < 4.78 is 2.00. The SMILES string of the molecule is Cc1cn(-c2ccc(/C=C/C(=O)NCc3cccc(-c4ccccc4)n3)cc2C)cn1. The molecule has 2 aromatic heterocycles. The van der Waals surface area contributed by atoms with E-state index in [2.05, 4.69) is 21.4 Å². The van der Waals surface area contributed by atoms with Crippen molar-refractivity contribution in [3.63, 3.8) is 0 Å². The van der Waals surface area contributed by atoms with Crippen LogP contribution >= 0.6 is 0 Å². The predicted molar refractivity (Wildman–Crippen MR) is 124 cm³/mol. The summed E-state index contributed by atoms with van der Waals surface area (Å²) in [6.45, 7) is 4.39. The lowest BCUT2D eigenvalue weighted by molar-refractivity contribution is -0.116. The quantitative estimate of drug-likeness (QED) is 0.463. The molecule has 2 aromatic carbocycles. The van der Waals surface area contributed by atoms with E-state index in [-0.39, 0.29) is 5.91 Å². The first-order valence-electron chi connectivity index (χ1n) is 10.2. The molecule has 0 saturated heterocycles. The van der Waals surface area contributed by atoms with Gasteiger partial charge in [0.2, 0.25) is 5.91 Å². The topological polar surface area (TPSA) is 59.8 Å². The molecular formula is C26H24N4O. The highest BCUT2D eigenvalue weighted by atomic mass is 16.1. The van der Waals surface area contributed by atoms with E-state index in [1.54, 1.807) is 12.4 Å². The van der Waals surface area contributed by atoms with Gasteiger partial charge in [-0.15, -0.1) is 0 Å². The van der Waals surface area contributed by atoms with Gasteiger partial charge in [-0.2, -0.15) is 0 Å². The second kappa shape index (κ2) is 9.22.